The fraction of sp³-hybridized carbons (Fsp3) is 0.294. The minimum atomic E-state index is -0.0641. The SMILES string of the molecule is COCCCNC(=O)c1cc2cc3cc(OC)ccc3nc2s1. The fourth-order valence-electron chi connectivity index (χ4n) is 2.36. The molecule has 0 bridgehead atoms. The van der Waals surface area contributed by atoms with E-state index in [1.54, 1.807) is 14.2 Å². The standard InChI is InChI=1S/C17H18N2O3S/c1-21-7-3-6-18-16(20)15-10-12-8-11-9-13(22-2)4-5-14(11)19-17(12)23-15/h4-5,8-10H,3,6-7H2,1-2H3,(H,18,20). The van der Waals surface area contributed by atoms with Crippen LogP contribution in [0.1, 0.15) is 16.1 Å². The largest absolute Gasteiger partial charge is 0.497 e. The Morgan fingerprint density at radius 1 is 1.22 bits per heavy atom. The second-order valence-corrected chi connectivity index (χ2v) is 6.18. The van der Waals surface area contributed by atoms with Gasteiger partial charge < -0.3 is 14.8 Å². The number of methoxy groups -OCH3 is 2. The average molecular weight is 330 g/mol. The molecule has 0 aliphatic heterocycles. The second kappa shape index (κ2) is 6.93. The van der Waals surface area contributed by atoms with Crippen molar-refractivity contribution in [2.75, 3.05) is 27.4 Å². The van der Waals surface area contributed by atoms with E-state index in [2.05, 4.69) is 10.3 Å². The summed E-state index contributed by atoms with van der Waals surface area (Å²) in [7, 11) is 3.29. The number of aromatic nitrogens is 1. The number of thiophene rings is 1. The number of pyridine rings is 1. The van der Waals surface area contributed by atoms with Gasteiger partial charge in [-0.15, -0.1) is 11.3 Å². The van der Waals surface area contributed by atoms with E-state index >= 15 is 0 Å². The summed E-state index contributed by atoms with van der Waals surface area (Å²) in [4.78, 5) is 18.3. The van der Waals surface area contributed by atoms with Gasteiger partial charge in [0.05, 0.1) is 17.5 Å². The van der Waals surface area contributed by atoms with Gasteiger partial charge in [0.25, 0.3) is 5.91 Å². The number of amides is 1. The van der Waals surface area contributed by atoms with Crippen LogP contribution in [0.25, 0.3) is 21.1 Å². The number of carbonyl (C=O) groups is 1. The Morgan fingerprint density at radius 2 is 2.09 bits per heavy atom. The van der Waals surface area contributed by atoms with Crippen molar-refractivity contribution in [1.82, 2.24) is 10.3 Å². The smallest absolute Gasteiger partial charge is 0.261 e. The summed E-state index contributed by atoms with van der Waals surface area (Å²) in [5, 5.41) is 4.87. The van der Waals surface area contributed by atoms with Gasteiger partial charge in [0.2, 0.25) is 0 Å². The quantitative estimate of drug-likeness (QED) is 0.705. The molecule has 0 saturated heterocycles. The lowest BCUT2D eigenvalue weighted by Gasteiger charge is -2.01. The minimum absolute atomic E-state index is 0.0641. The molecule has 5 nitrogen and oxygen atoms in total. The molecule has 120 valence electrons. The van der Waals surface area contributed by atoms with Crippen molar-refractivity contribution >= 4 is 38.4 Å². The predicted octanol–water partition coefficient (Wildman–Crippen LogP) is 3.22. The number of hydrogen-bond acceptors (Lipinski definition) is 5. The first-order chi connectivity index (χ1) is 11.2. The van der Waals surface area contributed by atoms with Gasteiger partial charge in [0, 0.05) is 31.0 Å². The van der Waals surface area contributed by atoms with Crippen molar-refractivity contribution < 1.29 is 14.3 Å². The molecule has 0 aliphatic rings. The van der Waals surface area contributed by atoms with Crippen molar-refractivity contribution in [1.29, 1.82) is 0 Å². The molecule has 0 saturated carbocycles. The zero-order valence-electron chi connectivity index (χ0n) is 13.1. The van der Waals surface area contributed by atoms with Gasteiger partial charge in [-0.3, -0.25) is 4.79 Å². The molecule has 1 amide bonds. The molecule has 23 heavy (non-hydrogen) atoms. The molecule has 3 aromatic rings. The highest BCUT2D eigenvalue weighted by molar-refractivity contribution is 7.20. The normalized spacial score (nSPS) is 11.0. The Kier molecular flexibility index (Phi) is 4.73. The zero-order chi connectivity index (χ0) is 16.2. The molecule has 1 aromatic carbocycles. The number of benzene rings is 1. The number of carbonyl (C=O) groups excluding carboxylic acids is 1. The summed E-state index contributed by atoms with van der Waals surface area (Å²) >= 11 is 1.41. The van der Waals surface area contributed by atoms with Crippen molar-refractivity contribution in [2.45, 2.75) is 6.42 Å². The fourth-order valence-corrected chi connectivity index (χ4v) is 3.30. The van der Waals surface area contributed by atoms with E-state index in [0.29, 0.717) is 18.0 Å². The summed E-state index contributed by atoms with van der Waals surface area (Å²) in [6.45, 7) is 1.25. The van der Waals surface area contributed by atoms with Gasteiger partial charge in [0.1, 0.15) is 10.6 Å². The van der Waals surface area contributed by atoms with Crippen molar-refractivity contribution in [2.24, 2.45) is 0 Å². The lowest BCUT2D eigenvalue weighted by Crippen LogP contribution is -2.24. The topological polar surface area (TPSA) is 60.5 Å². The molecular weight excluding hydrogens is 312 g/mol. The van der Waals surface area contributed by atoms with Gasteiger partial charge in [0.15, 0.2) is 0 Å². The third-order valence-electron chi connectivity index (χ3n) is 3.54. The van der Waals surface area contributed by atoms with Gasteiger partial charge in [-0.1, -0.05) is 0 Å². The van der Waals surface area contributed by atoms with E-state index in [0.717, 1.165) is 33.3 Å². The number of nitrogens with one attached hydrogen (secondary N) is 1. The van der Waals surface area contributed by atoms with Crippen LogP contribution in [0.5, 0.6) is 5.75 Å². The van der Waals surface area contributed by atoms with Crippen LogP contribution < -0.4 is 10.1 Å². The molecule has 0 fully saturated rings. The first-order valence-electron chi connectivity index (χ1n) is 7.37. The van der Waals surface area contributed by atoms with Crippen LogP contribution in [0.15, 0.2) is 30.3 Å². The molecule has 0 aliphatic carbocycles. The molecule has 0 atom stereocenters. The van der Waals surface area contributed by atoms with Gasteiger partial charge >= 0.3 is 0 Å². The molecular formula is C17H18N2O3S. The monoisotopic (exact) mass is 330 g/mol. The molecule has 2 heterocycles. The number of ether oxygens (including phenoxy) is 2. The zero-order valence-corrected chi connectivity index (χ0v) is 13.9. The Hall–Kier alpha value is -2.18. The summed E-state index contributed by atoms with van der Waals surface area (Å²) in [5.74, 6) is 0.732. The lowest BCUT2D eigenvalue weighted by molar-refractivity contribution is 0.0952. The minimum Gasteiger partial charge on any atom is -0.497 e. The van der Waals surface area contributed by atoms with Crippen LogP contribution in [-0.2, 0) is 4.74 Å². The third kappa shape index (κ3) is 3.43. The highest BCUT2D eigenvalue weighted by atomic mass is 32.1. The Morgan fingerprint density at radius 3 is 2.87 bits per heavy atom. The van der Waals surface area contributed by atoms with Crippen molar-refractivity contribution in [3.8, 4) is 5.75 Å². The van der Waals surface area contributed by atoms with E-state index in [-0.39, 0.29) is 5.91 Å². The van der Waals surface area contributed by atoms with Crippen LogP contribution in [0.3, 0.4) is 0 Å². The van der Waals surface area contributed by atoms with E-state index in [4.69, 9.17) is 9.47 Å². The summed E-state index contributed by atoms with van der Waals surface area (Å²) in [6.07, 6.45) is 0.801. The molecule has 0 unspecified atom stereocenters. The van der Waals surface area contributed by atoms with Gasteiger partial charge in [-0.2, -0.15) is 0 Å². The van der Waals surface area contributed by atoms with Crippen molar-refractivity contribution in [3.63, 3.8) is 0 Å². The molecule has 6 heteroatoms. The summed E-state index contributed by atoms with van der Waals surface area (Å²) in [6, 6.07) is 9.69. The highest BCUT2D eigenvalue weighted by Crippen LogP contribution is 2.29. The first kappa shape index (κ1) is 15.7. The predicted molar refractivity (Wildman–Crippen MR) is 92.5 cm³/mol. The van der Waals surface area contributed by atoms with Crippen LogP contribution in [0.2, 0.25) is 0 Å². The van der Waals surface area contributed by atoms with Gasteiger partial charge in [-0.05, 0) is 36.8 Å². The number of hydrogen-bond donors (Lipinski definition) is 1. The van der Waals surface area contributed by atoms with E-state index in [1.165, 1.54) is 11.3 Å². The molecule has 1 N–H and O–H groups in total. The van der Waals surface area contributed by atoms with Crippen LogP contribution >= 0.6 is 11.3 Å². The van der Waals surface area contributed by atoms with Crippen LogP contribution in [0.4, 0.5) is 0 Å². The van der Waals surface area contributed by atoms with Crippen molar-refractivity contribution in [3.05, 3.63) is 35.2 Å². The average Bonchev–Trinajstić information content (AvgIpc) is 2.98. The van der Waals surface area contributed by atoms with E-state index in [9.17, 15) is 4.79 Å². The number of fused-ring (bicyclic) bond motifs is 2. The number of rotatable bonds is 6. The second-order valence-electron chi connectivity index (χ2n) is 5.15. The summed E-state index contributed by atoms with van der Waals surface area (Å²) < 4.78 is 10.2. The number of nitrogens with zero attached hydrogens (tertiary/aromatic N) is 1. The molecule has 2 aromatic heterocycles. The Bertz CT molecular complexity index is 844. The Labute approximate surface area is 138 Å². The maximum absolute atomic E-state index is 12.2. The summed E-state index contributed by atoms with van der Waals surface area (Å²) in [5.41, 5.74) is 0.896. The van der Waals surface area contributed by atoms with E-state index < -0.39 is 0 Å². The third-order valence-corrected chi connectivity index (χ3v) is 4.59. The lowest BCUT2D eigenvalue weighted by atomic mass is 10.2. The molecule has 0 radical (unpaired) electrons. The van der Waals surface area contributed by atoms with Crippen LogP contribution in [-0.4, -0.2) is 38.3 Å². The van der Waals surface area contributed by atoms with Crippen LogP contribution in [0, 0.1) is 0 Å². The maximum atomic E-state index is 12.2. The molecule has 0 spiro atoms. The molecule has 3 rings (SSSR count). The highest BCUT2D eigenvalue weighted by Gasteiger charge is 2.11. The first-order valence-corrected chi connectivity index (χ1v) is 8.18. The van der Waals surface area contributed by atoms with E-state index in [1.807, 2.05) is 30.3 Å². The van der Waals surface area contributed by atoms with Gasteiger partial charge in [-0.25, -0.2) is 4.98 Å². The maximum Gasteiger partial charge on any atom is 0.261 e. The Balaban J connectivity index is 1.86.